The van der Waals surface area contributed by atoms with E-state index in [0.29, 0.717) is 18.8 Å². The van der Waals surface area contributed by atoms with Gasteiger partial charge < -0.3 is 18.9 Å². The van der Waals surface area contributed by atoms with E-state index in [1.54, 1.807) is 0 Å². The number of non-ortho nitro benzene ring substituents is 1. The van der Waals surface area contributed by atoms with Crippen molar-refractivity contribution in [3.05, 3.63) is 34.4 Å². The van der Waals surface area contributed by atoms with E-state index in [-0.39, 0.29) is 12.3 Å². The Hall–Kier alpha value is -2.35. The molecule has 0 radical (unpaired) electrons. The first-order chi connectivity index (χ1) is 9.54. The first kappa shape index (κ1) is 14.1. The van der Waals surface area contributed by atoms with Gasteiger partial charge in [0, 0.05) is 18.6 Å². The molecule has 1 heterocycles. The molecule has 1 aliphatic heterocycles. The smallest absolute Gasteiger partial charge is 0.493 e. The molecule has 1 aromatic rings. The van der Waals surface area contributed by atoms with Crippen molar-refractivity contribution in [3.8, 4) is 5.75 Å². The summed E-state index contributed by atoms with van der Waals surface area (Å²) in [5, 5.41) is 10.5. The van der Waals surface area contributed by atoms with E-state index in [4.69, 9.17) is 14.2 Å². The van der Waals surface area contributed by atoms with Gasteiger partial charge in [0.05, 0.1) is 18.6 Å². The van der Waals surface area contributed by atoms with E-state index < -0.39 is 16.9 Å². The molecule has 1 saturated heterocycles. The van der Waals surface area contributed by atoms with Crippen LogP contribution in [0.4, 0.5) is 10.5 Å². The fourth-order valence-electron chi connectivity index (χ4n) is 1.52. The summed E-state index contributed by atoms with van der Waals surface area (Å²) in [7, 11) is 1.21. The summed E-state index contributed by atoms with van der Waals surface area (Å²) in [6, 6.07) is 5.70. The summed E-state index contributed by atoms with van der Waals surface area (Å²) in [5.74, 6) is -0.474. The second kappa shape index (κ2) is 5.74. The average Bonchev–Trinajstić information content (AvgIpc) is 3.19. The molecule has 0 spiro atoms. The van der Waals surface area contributed by atoms with Crippen LogP contribution in [0, 0.1) is 10.1 Å². The third-order valence-electron chi connectivity index (χ3n) is 2.70. The van der Waals surface area contributed by atoms with Crippen LogP contribution in [0.1, 0.15) is 6.42 Å². The molecular weight excluding hydrogens is 270 g/mol. The van der Waals surface area contributed by atoms with Gasteiger partial charge in [-0.15, -0.1) is 0 Å². The Kier molecular flexibility index (Phi) is 4.04. The molecule has 8 heteroatoms. The molecule has 0 amide bonds. The van der Waals surface area contributed by atoms with Gasteiger partial charge in [0.25, 0.3) is 5.69 Å². The molecule has 0 N–H and O–H groups in total. The van der Waals surface area contributed by atoms with Gasteiger partial charge in [-0.05, 0) is 12.1 Å². The highest BCUT2D eigenvalue weighted by Crippen LogP contribution is 2.33. The molecule has 1 unspecified atom stereocenters. The largest absolute Gasteiger partial charge is 0.510 e. The van der Waals surface area contributed by atoms with Gasteiger partial charge in [-0.3, -0.25) is 10.1 Å². The molecule has 108 valence electrons. The fraction of sp³-hybridized carbons (Fsp3) is 0.417. The van der Waals surface area contributed by atoms with Crippen LogP contribution in [0.3, 0.4) is 0 Å². The molecule has 1 aliphatic rings. The second-order valence-electron chi connectivity index (χ2n) is 4.11. The van der Waals surface area contributed by atoms with Crippen molar-refractivity contribution in [2.75, 3.05) is 20.3 Å². The maximum atomic E-state index is 11.0. The standard InChI is InChI=1S/C12H13NO7/c1-17-11(14)20-12(8-19-12)6-7-18-10-4-2-9(3-5-10)13(15)16/h2-5H,6-8H2,1H3. The highest BCUT2D eigenvalue weighted by molar-refractivity contribution is 5.60. The molecule has 1 fully saturated rings. The van der Waals surface area contributed by atoms with Crippen molar-refractivity contribution in [1.82, 2.24) is 0 Å². The first-order valence-corrected chi connectivity index (χ1v) is 5.83. The molecule has 0 saturated carbocycles. The van der Waals surface area contributed by atoms with Crippen LogP contribution >= 0.6 is 0 Å². The number of ether oxygens (including phenoxy) is 4. The quantitative estimate of drug-likeness (QED) is 0.340. The lowest BCUT2D eigenvalue weighted by Gasteiger charge is -2.12. The van der Waals surface area contributed by atoms with Crippen LogP contribution < -0.4 is 4.74 Å². The van der Waals surface area contributed by atoms with Crippen LogP contribution in [0.5, 0.6) is 5.75 Å². The van der Waals surface area contributed by atoms with Crippen molar-refractivity contribution < 1.29 is 28.7 Å². The Balaban J connectivity index is 1.78. The number of benzene rings is 1. The summed E-state index contributed by atoms with van der Waals surface area (Å²) in [6.45, 7) is 0.542. The molecular formula is C12H13NO7. The minimum absolute atomic E-state index is 0.00614. The highest BCUT2D eigenvalue weighted by atomic mass is 16.8. The third kappa shape index (κ3) is 3.58. The Morgan fingerprint density at radius 2 is 2.10 bits per heavy atom. The van der Waals surface area contributed by atoms with Crippen molar-refractivity contribution >= 4 is 11.8 Å². The van der Waals surface area contributed by atoms with E-state index in [1.807, 2.05) is 0 Å². The molecule has 20 heavy (non-hydrogen) atoms. The number of hydrogen-bond donors (Lipinski definition) is 0. The Labute approximate surface area is 114 Å². The minimum Gasteiger partial charge on any atom is -0.493 e. The van der Waals surface area contributed by atoms with Crippen molar-refractivity contribution in [1.29, 1.82) is 0 Å². The number of nitrogens with zero attached hydrogens (tertiary/aromatic N) is 1. The number of nitro benzene ring substituents is 1. The summed E-state index contributed by atoms with van der Waals surface area (Å²) in [4.78, 5) is 21.0. The second-order valence-corrected chi connectivity index (χ2v) is 4.11. The summed E-state index contributed by atoms with van der Waals surface area (Å²) < 4.78 is 19.8. The SMILES string of the molecule is COC(=O)OC1(CCOc2ccc([N+](=O)[O-])cc2)CO1. The van der Waals surface area contributed by atoms with E-state index in [9.17, 15) is 14.9 Å². The van der Waals surface area contributed by atoms with Crippen LogP contribution in [-0.2, 0) is 14.2 Å². The number of methoxy groups -OCH3 is 1. The maximum Gasteiger partial charge on any atom is 0.510 e. The predicted octanol–water partition coefficient (Wildman–Crippen LogP) is 1.87. The topological polar surface area (TPSA) is 100 Å². The molecule has 0 bridgehead atoms. The van der Waals surface area contributed by atoms with Gasteiger partial charge in [-0.2, -0.15) is 0 Å². The minimum atomic E-state index is -0.964. The lowest BCUT2D eigenvalue weighted by Crippen LogP contribution is -2.23. The zero-order valence-electron chi connectivity index (χ0n) is 10.7. The van der Waals surface area contributed by atoms with E-state index in [2.05, 4.69) is 4.74 Å². The highest BCUT2D eigenvalue weighted by Gasteiger charge is 2.49. The summed E-state index contributed by atoms with van der Waals surface area (Å²) >= 11 is 0. The number of rotatable bonds is 6. The van der Waals surface area contributed by atoms with Crippen molar-refractivity contribution in [3.63, 3.8) is 0 Å². The Morgan fingerprint density at radius 1 is 1.45 bits per heavy atom. The van der Waals surface area contributed by atoms with Gasteiger partial charge in [-0.1, -0.05) is 0 Å². The van der Waals surface area contributed by atoms with Crippen molar-refractivity contribution in [2.45, 2.75) is 12.2 Å². The first-order valence-electron chi connectivity index (χ1n) is 5.83. The zero-order valence-corrected chi connectivity index (χ0v) is 10.7. The van der Waals surface area contributed by atoms with Gasteiger partial charge in [-0.25, -0.2) is 4.79 Å². The number of carbonyl (C=O) groups excluding carboxylic acids is 1. The van der Waals surface area contributed by atoms with Gasteiger partial charge >= 0.3 is 6.16 Å². The zero-order chi connectivity index (χ0) is 14.6. The Morgan fingerprint density at radius 3 is 2.60 bits per heavy atom. The summed E-state index contributed by atoms with van der Waals surface area (Å²) in [5.41, 5.74) is -0.00614. The lowest BCUT2D eigenvalue weighted by molar-refractivity contribution is -0.384. The van der Waals surface area contributed by atoms with Gasteiger partial charge in [0.15, 0.2) is 0 Å². The Bertz CT molecular complexity index is 495. The summed E-state index contributed by atoms with van der Waals surface area (Å²) in [6.07, 6.45) is -0.461. The molecule has 0 aliphatic carbocycles. The van der Waals surface area contributed by atoms with Crippen molar-refractivity contribution in [2.24, 2.45) is 0 Å². The fourth-order valence-corrected chi connectivity index (χ4v) is 1.52. The van der Waals surface area contributed by atoms with Crippen LogP contribution in [0.25, 0.3) is 0 Å². The number of carbonyl (C=O) groups is 1. The predicted molar refractivity (Wildman–Crippen MR) is 65.4 cm³/mol. The maximum absolute atomic E-state index is 11.0. The third-order valence-corrected chi connectivity index (χ3v) is 2.70. The number of nitro groups is 1. The van der Waals surface area contributed by atoms with Gasteiger partial charge in [0.2, 0.25) is 5.79 Å². The van der Waals surface area contributed by atoms with E-state index in [0.717, 1.165) is 0 Å². The number of hydrogen-bond acceptors (Lipinski definition) is 7. The molecule has 2 rings (SSSR count). The molecule has 0 aromatic heterocycles. The molecule has 8 nitrogen and oxygen atoms in total. The van der Waals surface area contributed by atoms with Gasteiger partial charge in [0.1, 0.15) is 12.4 Å². The lowest BCUT2D eigenvalue weighted by atomic mass is 10.3. The monoisotopic (exact) mass is 283 g/mol. The number of epoxide rings is 1. The van der Waals surface area contributed by atoms with Crippen LogP contribution in [0.2, 0.25) is 0 Å². The van der Waals surface area contributed by atoms with Crippen LogP contribution in [-0.4, -0.2) is 37.2 Å². The normalized spacial score (nSPS) is 20.1. The average molecular weight is 283 g/mol. The molecule has 1 atom stereocenters. The van der Waals surface area contributed by atoms with E-state index >= 15 is 0 Å². The van der Waals surface area contributed by atoms with E-state index in [1.165, 1.54) is 31.4 Å². The molecule has 1 aromatic carbocycles. The van der Waals surface area contributed by atoms with Crippen LogP contribution in [0.15, 0.2) is 24.3 Å².